The number of hydrogen-bond acceptors (Lipinski definition) is 2. The summed E-state index contributed by atoms with van der Waals surface area (Å²) in [6.45, 7) is 1.64. The van der Waals surface area contributed by atoms with Gasteiger partial charge in [0.05, 0.1) is 0 Å². The highest BCUT2D eigenvalue weighted by molar-refractivity contribution is 5.86. The summed E-state index contributed by atoms with van der Waals surface area (Å²) in [7, 11) is 0. The summed E-state index contributed by atoms with van der Waals surface area (Å²) in [5.74, 6) is 0.618. The summed E-state index contributed by atoms with van der Waals surface area (Å²) in [4.78, 5) is 23.1. The topological polar surface area (TPSA) is 34.1 Å². The first-order valence-corrected chi connectivity index (χ1v) is 5.75. The van der Waals surface area contributed by atoms with Gasteiger partial charge in [-0.15, -0.1) is 0 Å². The molecule has 1 aliphatic rings. The summed E-state index contributed by atoms with van der Waals surface area (Å²) >= 11 is 0. The van der Waals surface area contributed by atoms with Crippen molar-refractivity contribution in [2.75, 3.05) is 0 Å². The van der Waals surface area contributed by atoms with Gasteiger partial charge in [0.15, 0.2) is 0 Å². The van der Waals surface area contributed by atoms with Crippen LogP contribution >= 0.6 is 0 Å². The van der Waals surface area contributed by atoms with E-state index in [1.54, 1.807) is 6.92 Å². The van der Waals surface area contributed by atoms with Crippen molar-refractivity contribution in [2.45, 2.75) is 32.1 Å². The van der Waals surface area contributed by atoms with Crippen LogP contribution in [0.5, 0.6) is 0 Å². The lowest BCUT2D eigenvalue weighted by molar-refractivity contribution is -0.126. The molecule has 0 saturated heterocycles. The molecule has 0 radical (unpaired) electrons. The highest BCUT2D eigenvalue weighted by Gasteiger charge is 2.32. The lowest BCUT2D eigenvalue weighted by Gasteiger charge is -2.29. The predicted molar refractivity (Wildman–Crippen MR) is 62.2 cm³/mol. The third-order valence-electron chi connectivity index (χ3n) is 3.42. The molecular weight excluding hydrogens is 200 g/mol. The maximum absolute atomic E-state index is 11.6. The molecule has 0 heterocycles. The maximum Gasteiger partial charge on any atom is 0.133 e. The van der Waals surface area contributed by atoms with E-state index in [-0.39, 0.29) is 23.4 Å². The highest BCUT2D eigenvalue weighted by Crippen LogP contribution is 2.36. The molecule has 0 bridgehead atoms. The quantitative estimate of drug-likeness (QED) is 0.761. The van der Waals surface area contributed by atoms with Crippen molar-refractivity contribution in [1.29, 1.82) is 0 Å². The summed E-state index contributed by atoms with van der Waals surface area (Å²) < 4.78 is 0. The minimum absolute atomic E-state index is 0.0279. The Labute approximate surface area is 95.7 Å². The standard InChI is InChI=1S/C14H16O2/c1-10(15)13-8-7-12(16)9-14(13)11-5-3-2-4-6-11/h2-6,13-14H,7-9H2,1H3/t13-,14-/m0/s1. The smallest absolute Gasteiger partial charge is 0.133 e. The number of carbonyl (C=O) groups excluding carboxylic acids is 2. The fourth-order valence-corrected chi connectivity index (χ4v) is 2.54. The van der Waals surface area contributed by atoms with Crippen molar-refractivity contribution in [1.82, 2.24) is 0 Å². The zero-order valence-electron chi connectivity index (χ0n) is 9.48. The molecule has 0 unspecified atom stereocenters. The minimum Gasteiger partial charge on any atom is -0.300 e. The molecule has 0 spiro atoms. The van der Waals surface area contributed by atoms with E-state index in [4.69, 9.17) is 0 Å². The van der Waals surface area contributed by atoms with E-state index < -0.39 is 0 Å². The minimum atomic E-state index is 0.0279. The molecule has 0 amide bonds. The van der Waals surface area contributed by atoms with Gasteiger partial charge in [-0.2, -0.15) is 0 Å². The zero-order valence-corrected chi connectivity index (χ0v) is 9.48. The van der Waals surface area contributed by atoms with Crippen LogP contribution in [0.1, 0.15) is 37.7 Å². The Balaban J connectivity index is 2.27. The van der Waals surface area contributed by atoms with Crippen LogP contribution in [0.2, 0.25) is 0 Å². The van der Waals surface area contributed by atoms with E-state index in [1.165, 1.54) is 0 Å². The van der Waals surface area contributed by atoms with Crippen LogP contribution in [0.15, 0.2) is 30.3 Å². The molecule has 1 aromatic carbocycles. The first kappa shape index (κ1) is 11.1. The van der Waals surface area contributed by atoms with Gasteiger partial charge in [-0.05, 0) is 18.9 Å². The largest absolute Gasteiger partial charge is 0.300 e. The van der Waals surface area contributed by atoms with Gasteiger partial charge >= 0.3 is 0 Å². The Morgan fingerprint density at radius 1 is 1.25 bits per heavy atom. The Hall–Kier alpha value is -1.44. The monoisotopic (exact) mass is 216 g/mol. The van der Waals surface area contributed by atoms with Crippen molar-refractivity contribution >= 4 is 11.6 Å². The van der Waals surface area contributed by atoms with Gasteiger partial charge in [-0.3, -0.25) is 9.59 Å². The lowest BCUT2D eigenvalue weighted by Crippen LogP contribution is -2.28. The normalized spacial score (nSPS) is 25.4. The van der Waals surface area contributed by atoms with Gasteiger partial charge in [-0.25, -0.2) is 0 Å². The molecule has 0 aromatic heterocycles. The predicted octanol–water partition coefficient (Wildman–Crippen LogP) is 2.73. The van der Waals surface area contributed by atoms with Gasteiger partial charge in [0.2, 0.25) is 0 Å². The van der Waals surface area contributed by atoms with Crippen LogP contribution in [-0.4, -0.2) is 11.6 Å². The molecule has 1 aliphatic carbocycles. The Bertz CT molecular complexity index is 394. The van der Waals surface area contributed by atoms with Crippen molar-refractivity contribution in [3.63, 3.8) is 0 Å². The molecule has 0 N–H and O–H groups in total. The van der Waals surface area contributed by atoms with E-state index in [0.717, 1.165) is 5.56 Å². The fourth-order valence-electron chi connectivity index (χ4n) is 2.54. The molecule has 1 saturated carbocycles. The number of Topliss-reactive ketones (excluding diaryl/α,β-unsaturated/α-hetero) is 2. The number of benzene rings is 1. The van der Waals surface area contributed by atoms with Crippen LogP contribution in [0.25, 0.3) is 0 Å². The summed E-state index contributed by atoms with van der Waals surface area (Å²) in [6.07, 6.45) is 1.80. The van der Waals surface area contributed by atoms with Crippen molar-refractivity contribution in [3.8, 4) is 0 Å². The van der Waals surface area contributed by atoms with E-state index in [0.29, 0.717) is 19.3 Å². The van der Waals surface area contributed by atoms with Gasteiger partial charge in [-0.1, -0.05) is 30.3 Å². The molecule has 2 rings (SSSR count). The van der Waals surface area contributed by atoms with Crippen LogP contribution in [-0.2, 0) is 9.59 Å². The van der Waals surface area contributed by atoms with Crippen LogP contribution in [0.4, 0.5) is 0 Å². The van der Waals surface area contributed by atoms with Gasteiger partial charge in [0.25, 0.3) is 0 Å². The molecule has 0 aliphatic heterocycles. The molecule has 1 aromatic rings. The van der Waals surface area contributed by atoms with E-state index in [2.05, 4.69) is 0 Å². The number of ketones is 2. The molecule has 16 heavy (non-hydrogen) atoms. The second-order valence-corrected chi connectivity index (χ2v) is 4.52. The first-order valence-electron chi connectivity index (χ1n) is 5.75. The van der Waals surface area contributed by atoms with Crippen molar-refractivity contribution < 1.29 is 9.59 Å². The Kier molecular flexibility index (Phi) is 3.18. The summed E-state index contributed by atoms with van der Waals surface area (Å²) in [6, 6.07) is 9.91. The molecule has 2 nitrogen and oxygen atoms in total. The first-order chi connectivity index (χ1) is 7.68. The van der Waals surface area contributed by atoms with Gasteiger partial charge in [0.1, 0.15) is 11.6 Å². The van der Waals surface area contributed by atoms with Crippen LogP contribution < -0.4 is 0 Å². The zero-order chi connectivity index (χ0) is 11.5. The number of hydrogen-bond donors (Lipinski definition) is 0. The second-order valence-electron chi connectivity index (χ2n) is 4.52. The number of rotatable bonds is 2. The van der Waals surface area contributed by atoms with Crippen molar-refractivity contribution in [3.05, 3.63) is 35.9 Å². The van der Waals surface area contributed by atoms with Gasteiger partial charge < -0.3 is 0 Å². The highest BCUT2D eigenvalue weighted by atomic mass is 16.1. The molecule has 84 valence electrons. The average molecular weight is 216 g/mol. The molecule has 2 heteroatoms. The molecular formula is C14H16O2. The third-order valence-corrected chi connectivity index (χ3v) is 3.42. The maximum atomic E-state index is 11.6. The fraction of sp³-hybridized carbons (Fsp3) is 0.429. The Morgan fingerprint density at radius 2 is 1.94 bits per heavy atom. The average Bonchev–Trinajstić information content (AvgIpc) is 2.29. The van der Waals surface area contributed by atoms with Crippen LogP contribution in [0, 0.1) is 5.92 Å². The molecule has 1 fully saturated rings. The van der Waals surface area contributed by atoms with Crippen LogP contribution in [0.3, 0.4) is 0 Å². The van der Waals surface area contributed by atoms with Crippen molar-refractivity contribution in [2.24, 2.45) is 5.92 Å². The summed E-state index contributed by atoms with van der Waals surface area (Å²) in [5.41, 5.74) is 1.12. The molecule has 2 atom stereocenters. The summed E-state index contributed by atoms with van der Waals surface area (Å²) in [5, 5.41) is 0. The van der Waals surface area contributed by atoms with E-state index >= 15 is 0 Å². The number of carbonyl (C=O) groups is 2. The second kappa shape index (κ2) is 4.60. The van der Waals surface area contributed by atoms with E-state index in [1.807, 2.05) is 30.3 Å². The van der Waals surface area contributed by atoms with E-state index in [9.17, 15) is 9.59 Å². The van der Waals surface area contributed by atoms with Gasteiger partial charge in [0, 0.05) is 24.7 Å². The SMILES string of the molecule is CC(=O)[C@@H]1CCC(=O)C[C@H]1c1ccccc1. The Morgan fingerprint density at radius 3 is 2.56 bits per heavy atom. The lowest BCUT2D eigenvalue weighted by atomic mass is 9.73. The third kappa shape index (κ3) is 2.21.